The summed E-state index contributed by atoms with van der Waals surface area (Å²) in [5, 5.41) is 8.89. The van der Waals surface area contributed by atoms with E-state index in [0.29, 0.717) is 65.3 Å². The first kappa shape index (κ1) is 81.5. The van der Waals surface area contributed by atoms with Gasteiger partial charge in [0, 0.05) is 77.0 Å². The summed E-state index contributed by atoms with van der Waals surface area (Å²) in [7, 11) is -12.3. The molecular weight excluding hydrogens is 1140 g/mol. The summed E-state index contributed by atoms with van der Waals surface area (Å²) < 4.78 is 145. The zero-order valence-corrected chi connectivity index (χ0v) is 53.5. The van der Waals surface area contributed by atoms with E-state index in [1.54, 1.807) is 34.6 Å². The maximum absolute atomic E-state index is 12.0. The molecule has 29 heteroatoms. The van der Waals surface area contributed by atoms with Crippen LogP contribution in [0.4, 0.5) is 9.59 Å². The van der Waals surface area contributed by atoms with E-state index in [1.165, 1.54) is 28.2 Å². The van der Waals surface area contributed by atoms with Gasteiger partial charge < -0.3 is 36.1 Å². The third-order valence-corrected chi connectivity index (χ3v) is 14.3. The Morgan fingerprint density at radius 2 is 0.910 bits per heavy atom. The molecule has 0 spiro atoms. The zero-order chi connectivity index (χ0) is 64.0. The van der Waals surface area contributed by atoms with Crippen molar-refractivity contribution >= 4 is 72.2 Å². The van der Waals surface area contributed by atoms with Gasteiger partial charge >= 0.3 is 12.2 Å². The highest BCUT2D eigenvalue weighted by Crippen LogP contribution is 2.17. The third kappa shape index (κ3) is 65.5. The Labute approximate surface area is 480 Å². The van der Waals surface area contributed by atoms with Gasteiger partial charge in [0.05, 0.1) is 29.8 Å². The van der Waals surface area contributed by atoms with Crippen molar-refractivity contribution in [3.8, 4) is 37.0 Å². The number of ether oxygens (including phenoxy) is 2. The first-order valence-corrected chi connectivity index (χ1v) is 34.6. The summed E-state index contributed by atoms with van der Waals surface area (Å²) in [6.45, 7) is 29.5. The lowest BCUT2D eigenvalue weighted by atomic mass is 10.1. The molecule has 464 valence electrons. The standard InChI is InChI=1S/C14H24N2O4S.C10H20N2O2.C9H16N2O2S.C6H15N.C4H5ClO2S.2C2H6.2CH4O3S/c1-5-6-11-21(18,19)16-9-7-12(8-10-16)15-13(17)20-14(2,3)4;1-10(2,3)14-9(13)12-8-4-6-11-7-5-8;1-2-3-8-14(12,13)11-6-4-9(10)5-7-11;1-4-7(5-2)6-3;1-2-3-4-8(5,6)7;2*1-2;2*1-5(2,3)4/h1,12H,6-11H2,2-4H3,(H,15,17);8,11H,4-7H2,1-3H3,(H,12,13);1,9H,3-8,10H2;4-6H2,1-3H3;1H,3-4H2;2*1-2H3;2*1H3,(H,2,3,4)/i;;;;;2*1D;;. The van der Waals surface area contributed by atoms with E-state index in [9.17, 15) is 51.7 Å². The smallest absolute Gasteiger partial charge is 0.407 e. The van der Waals surface area contributed by atoms with Crippen LogP contribution in [0.3, 0.4) is 0 Å². The second kappa shape index (κ2) is 46.6. The number of hydrogen-bond donors (Lipinski definition) is 6. The molecule has 7 N–H and O–H groups in total. The highest BCUT2D eigenvalue weighted by atomic mass is 35.7. The fraction of sp³-hybridized carbons (Fsp3) is 0.837. The molecule has 0 aromatic heterocycles. The second-order valence-corrected chi connectivity index (χ2v) is 28.6. The monoisotopic (exact) mass is 1240 g/mol. The van der Waals surface area contributed by atoms with Gasteiger partial charge in [0.25, 0.3) is 20.2 Å². The van der Waals surface area contributed by atoms with Crippen molar-refractivity contribution in [1.29, 1.82) is 0 Å². The summed E-state index contributed by atoms with van der Waals surface area (Å²) in [4.78, 5) is 25.4. The van der Waals surface area contributed by atoms with Crippen molar-refractivity contribution in [3.05, 3.63) is 0 Å². The Balaban J connectivity index is -0.000000207. The average molecular weight is 1240 g/mol. The molecular formula is C49H100ClN7O16S5. The number of hydrogen-bond acceptors (Lipinski definition) is 17. The molecule has 3 aliphatic heterocycles. The predicted molar refractivity (Wildman–Crippen MR) is 317 cm³/mol. The quantitative estimate of drug-likeness (QED) is 0.0770. The maximum atomic E-state index is 12.0. The predicted octanol–water partition coefficient (Wildman–Crippen LogP) is 5.34. The number of nitrogens with one attached hydrogen (secondary N) is 3. The molecule has 0 aromatic rings. The lowest BCUT2D eigenvalue weighted by Gasteiger charge is -2.32. The van der Waals surface area contributed by atoms with Gasteiger partial charge in [-0.3, -0.25) is 9.11 Å². The molecule has 0 aliphatic carbocycles. The Kier molecular flexibility index (Phi) is 48.6. The summed E-state index contributed by atoms with van der Waals surface area (Å²) >= 11 is 0. The van der Waals surface area contributed by atoms with Gasteiger partial charge in [-0.1, -0.05) is 48.4 Å². The van der Waals surface area contributed by atoms with Gasteiger partial charge in [0.2, 0.25) is 29.1 Å². The average Bonchev–Trinajstić information content (AvgIpc) is 3.30. The highest BCUT2D eigenvalue weighted by Gasteiger charge is 2.30. The zero-order valence-electron chi connectivity index (χ0n) is 50.7. The molecule has 0 unspecified atom stereocenters. The third-order valence-electron chi connectivity index (χ3n) is 9.36. The van der Waals surface area contributed by atoms with Crippen LogP contribution in [0.15, 0.2) is 0 Å². The Morgan fingerprint density at radius 3 is 1.14 bits per heavy atom. The number of alkyl carbamates (subject to hydrolysis) is 2. The summed E-state index contributed by atoms with van der Waals surface area (Å²) in [6.07, 6.45) is 20.9. The van der Waals surface area contributed by atoms with Crippen LogP contribution in [0, 0.1) is 37.0 Å². The normalized spacial score (nSPS) is 15.9. The van der Waals surface area contributed by atoms with E-state index in [2.05, 4.69) is 59.4 Å². The van der Waals surface area contributed by atoms with Crippen LogP contribution in [-0.2, 0) is 58.8 Å². The second-order valence-electron chi connectivity index (χ2n) is 18.5. The van der Waals surface area contributed by atoms with E-state index in [0.717, 1.165) is 38.8 Å². The molecule has 0 aromatic carbocycles. The fourth-order valence-corrected chi connectivity index (χ4v) is 9.23. The Hall–Kier alpha value is -3.02. The summed E-state index contributed by atoms with van der Waals surface area (Å²) in [5.74, 6) is 6.74. The minimum absolute atomic E-state index is 0.0202. The van der Waals surface area contributed by atoms with Crippen LogP contribution >= 0.6 is 10.7 Å². The topological polar surface area (TPSA) is 336 Å². The Bertz CT molecular complexity index is 2260. The number of carbonyl (C=O) groups excluding carboxylic acids is 2. The highest BCUT2D eigenvalue weighted by molar-refractivity contribution is 8.13. The molecule has 0 saturated carbocycles. The van der Waals surface area contributed by atoms with Gasteiger partial charge in [-0.05, 0) is 113 Å². The van der Waals surface area contributed by atoms with Crippen molar-refractivity contribution in [2.75, 3.05) is 88.7 Å². The van der Waals surface area contributed by atoms with E-state index in [4.69, 9.17) is 57.0 Å². The van der Waals surface area contributed by atoms with Crippen LogP contribution in [0.1, 0.15) is 150 Å². The number of carbonyl (C=O) groups is 2. The number of halogens is 1. The van der Waals surface area contributed by atoms with E-state index in [1.807, 2.05) is 20.8 Å². The number of nitrogens with two attached hydrogens (primary N) is 1. The molecule has 0 radical (unpaired) electrons. The van der Waals surface area contributed by atoms with E-state index in [-0.39, 0.29) is 60.7 Å². The number of amides is 2. The van der Waals surface area contributed by atoms with Gasteiger partial charge in [0.15, 0.2) is 0 Å². The summed E-state index contributed by atoms with van der Waals surface area (Å²) in [6, 6.07) is 0.360. The lowest BCUT2D eigenvalue weighted by molar-refractivity contribution is 0.0480. The number of rotatable bonds is 13. The van der Waals surface area contributed by atoms with E-state index >= 15 is 0 Å². The molecule has 3 heterocycles. The van der Waals surface area contributed by atoms with Crippen molar-refractivity contribution in [1.82, 2.24) is 29.5 Å². The lowest BCUT2D eigenvalue weighted by Crippen LogP contribution is -2.48. The van der Waals surface area contributed by atoms with Crippen molar-refractivity contribution in [3.63, 3.8) is 0 Å². The Morgan fingerprint density at radius 1 is 0.641 bits per heavy atom. The molecule has 3 fully saturated rings. The molecule has 3 rings (SSSR count). The van der Waals surface area contributed by atoms with Crippen LogP contribution in [0.2, 0.25) is 0 Å². The van der Waals surface area contributed by atoms with Gasteiger partial charge in [-0.15, -0.1) is 37.0 Å². The molecule has 2 amide bonds. The van der Waals surface area contributed by atoms with Crippen molar-refractivity contribution in [2.45, 2.75) is 177 Å². The number of piperidine rings is 3. The summed E-state index contributed by atoms with van der Waals surface area (Å²) in [5.41, 5.74) is 4.74. The fourth-order valence-electron chi connectivity index (χ4n) is 5.83. The maximum Gasteiger partial charge on any atom is 0.407 e. The minimum Gasteiger partial charge on any atom is -0.444 e. The van der Waals surface area contributed by atoms with Gasteiger partial charge in [-0.2, -0.15) is 16.8 Å². The van der Waals surface area contributed by atoms with E-state index < -0.39 is 66.6 Å². The molecule has 0 bridgehead atoms. The largest absolute Gasteiger partial charge is 0.444 e. The van der Waals surface area contributed by atoms with Crippen molar-refractivity contribution < 1.29 is 73.0 Å². The van der Waals surface area contributed by atoms with Gasteiger partial charge in [-0.25, -0.2) is 43.5 Å². The van der Waals surface area contributed by atoms with Crippen LogP contribution < -0.4 is 21.7 Å². The minimum atomic E-state index is -3.67. The van der Waals surface area contributed by atoms with Crippen LogP contribution in [-0.4, -0.2) is 195 Å². The number of nitrogens with zero attached hydrogens (tertiary/aromatic N) is 3. The molecule has 3 saturated heterocycles. The van der Waals surface area contributed by atoms with Gasteiger partial charge in [0.1, 0.15) is 11.2 Å². The van der Waals surface area contributed by atoms with Crippen LogP contribution in [0.25, 0.3) is 0 Å². The number of sulfonamides is 2. The van der Waals surface area contributed by atoms with Crippen LogP contribution in [0.5, 0.6) is 0 Å². The molecule has 0 atom stereocenters. The number of terminal acetylenes is 3. The van der Waals surface area contributed by atoms with Crippen molar-refractivity contribution in [2.24, 2.45) is 5.73 Å². The first-order chi connectivity index (χ1) is 36.4. The first-order valence-electron chi connectivity index (χ1n) is 26.6. The molecule has 3 aliphatic rings. The SMILES string of the molecule is C#CCCS(=O)(=O)Cl.C#CCCS(=O)(=O)N1CCC(N)CC1.C#CCCS(=O)(=O)N1CCC(NC(=O)OC(C)(C)C)CC1.CC(C)(C)OC(=O)NC1CCNCC1.CCN(CC)CC.CS(=O)(=O)O.CS(=O)(=O)O.[2H]CC.[2H]CC. The molecule has 23 nitrogen and oxygen atoms in total. The molecule has 78 heavy (non-hydrogen) atoms.